The van der Waals surface area contributed by atoms with Crippen molar-refractivity contribution in [2.75, 3.05) is 13.2 Å². The maximum absolute atomic E-state index is 11.9. The number of phosphoric ester groups is 1. The third kappa shape index (κ3) is 8.19. The zero-order valence-corrected chi connectivity index (χ0v) is 18.1. The van der Waals surface area contributed by atoms with Crippen LogP contribution in [0.3, 0.4) is 0 Å². The summed E-state index contributed by atoms with van der Waals surface area (Å²) in [7, 11) is -4.76. The summed E-state index contributed by atoms with van der Waals surface area (Å²) in [4.78, 5) is 19.3. The standard InChI is InChI=1S/C24H27O6P/c25-31(26,27)30-24(20-21-10-4-1-5-11-21,16-18-28-22-12-6-2-7-13-22)17-19-29-23-14-8-3-9-15-23/h1-15H,16-20H2,(H2,25,26,27). The second kappa shape index (κ2) is 11.1. The van der Waals surface area contributed by atoms with E-state index in [1.807, 2.05) is 91.0 Å². The van der Waals surface area contributed by atoms with Crippen molar-refractivity contribution in [3.8, 4) is 11.5 Å². The number of hydrogen-bond donors (Lipinski definition) is 2. The fourth-order valence-electron chi connectivity index (χ4n) is 3.39. The third-order valence-corrected chi connectivity index (χ3v) is 5.45. The third-order valence-electron chi connectivity index (χ3n) is 4.82. The number of phosphoric acid groups is 1. The summed E-state index contributed by atoms with van der Waals surface area (Å²) >= 11 is 0. The van der Waals surface area contributed by atoms with Crippen molar-refractivity contribution >= 4 is 7.82 Å². The lowest BCUT2D eigenvalue weighted by molar-refractivity contribution is -0.000101. The molecule has 3 rings (SSSR count). The summed E-state index contributed by atoms with van der Waals surface area (Å²) in [6.45, 7) is 0.477. The van der Waals surface area contributed by atoms with E-state index in [4.69, 9.17) is 14.0 Å². The summed E-state index contributed by atoms with van der Waals surface area (Å²) in [5, 5.41) is 0. The van der Waals surface area contributed by atoms with Crippen LogP contribution in [0.15, 0.2) is 91.0 Å². The van der Waals surface area contributed by atoms with E-state index in [9.17, 15) is 14.4 Å². The Hall–Kier alpha value is -2.63. The zero-order valence-electron chi connectivity index (χ0n) is 17.2. The molecule has 6 nitrogen and oxygen atoms in total. The van der Waals surface area contributed by atoms with E-state index in [0.29, 0.717) is 17.9 Å². The molecule has 0 amide bonds. The minimum absolute atomic E-state index is 0.238. The van der Waals surface area contributed by atoms with E-state index >= 15 is 0 Å². The highest BCUT2D eigenvalue weighted by Crippen LogP contribution is 2.45. The highest BCUT2D eigenvalue weighted by molar-refractivity contribution is 7.46. The maximum atomic E-state index is 11.9. The lowest BCUT2D eigenvalue weighted by Gasteiger charge is -2.34. The van der Waals surface area contributed by atoms with Gasteiger partial charge >= 0.3 is 7.82 Å². The van der Waals surface area contributed by atoms with Crippen molar-refractivity contribution in [1.82, 2.24) is 0 Å². The second-order valence-corrected chi connectivity index (χ2v) is 8.41. The Morgan fingerprint density at radius 2 is 1.10 bits per heavy atom. The lowest BCUT2D eigenvalue weighted by atomic mass is 9.88. The van der Waals surface area contributed by atoms with Crippen LogP contribution in [0.1, 0.15) is 18.4 Å². The van der Waals surface area contributed by atoms with Gasteiger partial charge < -0.3 is 19.3 Å². The van der Waals surface area contributed by atoms with Gasteiger partial charge in [-0.2, -0.15) is 0 Å². The number of benzene rings is 3. The highest BCUT2D eigenvalue weighted by Gasteiger charge is 2.38. The van der Waals surface area contributed by atoms with Crippen molar-refractivity contribution in [3.63, 3.8) is 0 Å². The fraction of sp³-hybridized carbons (Fsp3) is 0.250. The number of ether oxygens (including phenoxy) is 2. The molecule has 0 bridgehead atoms. The smallest absolute Gasteiger partial charge is 0.470 e. The molecule has 0 radical (unpaired) electrons. The highest BCUT2D eigenvalue weighted by atomic mass is 31.2. The summed E-state index contributed by atoms with van der Waals surface area (Å²) in [6.07, 6.45) is 0.870. The Kier molecular flexibility index (Phi) is 8.27. The zero-order chi connectivity index (χ0) is 22.0. The largest absolute Gasteiger partial charge is 0.493 e. The lowest BCUT2D eigenvalue weighted by Crippen LogP contribution is -2.38. The molecule has 0 unspecified atom stereocenters. The Labute approximate surface area is 182 Å². The van der Waals surface area contributed by atoms with Crippen molar-refractivity contribution in [1.29, 1.82) is 0 Å². The monoisotopic (exact) mass is 442 g/mol. The van der Waals surface area contributed by atoms with Crippen LogP contribution < -0.4 is 9.47 Å². The number of para-hydroxylation sites is 2. The van der Waals surface area contributed by atoms with Gasteiger partial charge in [0.1, 0.15) is 11.5 Å². The van der Waals surface area contributed by atoms with E-state index in [-0.39, 0.29) is 26.1 Å². The van der Waals surface area contributed by atoms with Crippen LogP contribution >= 0.6 is 7.82 Å². The van der Waals surface area contributed by atoms with E-state index < -0.39 is 13.4 Å². The maximum Gasteiger partial charge on any atom is 0.470 e. The molecule has 0 fully saturated rings. The molecule has 0 heterocycles. The molecule has 31 heavy (non-hydrogen) atoms. The first kappa shape index (κ1) is 23.0. The van der Waals surface area contributed by atoms with Gasteiger partial charge in [0.05, 0.1) is 18.8 Å². The molecule has 7 heteroatoms. The van der Waals surface area contributed by atoms with Crippen LogP contribution in [0.4, 0.5) is 0 Å². The van der Waals surface area contributed by atoms with Crippen LogP contribution in [0.5, 0.6) is 11.5 Å². The second-order valence-electron chi connectivity index (χ2n) is 7.25. The molecule has 0 aromatic heterocycles. The first-order valence-corrected chi connectivity index (χ1v) is 11.6. The topological polar surface area (TPSA) is 85.2 Å². The molecular formula is C24H27O6P. The molecule has 3 aromatic rings. The van der Waals surface area contributed by atoms with Crippen LogP contribution in [0.25, 0.3) is 0 Å². The minimum atomic E-state index is -4.76. The molecule has 0 aliphatic heterocycles. The molecule has 0 saturated carbocycles. The summed E-state index contributed by atoms with van der Waals surface area (Å²) in [5.74, 6) is 1.38. The molecule has 164 valence electrons. The number of rotatable bonds is 12. The van der Waals surface area contributed by atoms with Gasteiger partial charge in [-0.15, -0.1) is 0 Å². The van der Waals surface area contributed by atoms with E-state index in [1.165, 1.54) is 0 Å². The summed E-state index contributed by atoms with van der Waals surface area (Å²) < 4.78 is 28.9. The Balaban J connectivity index is 1.77. The van der Waals surface area contributed by atoms with Crippen LogP contribution in [-0.2, 0) is 15.5 Å². The SMILES string of the molecule is O=P(O)(O)OC(CCOc1ccccc1)(CCOc1ccccc1)Cc1ccccc1. The first-order chi connectivity index (χ1) is 14.9. The predicted octanol–water partition coefficient (Wildman–Crippen LogP) is 5.02. The van der Waals surface area contributed by atoms with Crippen molar-refractivity contribution < 1.29 is 28.3 Å². The van der Waals surface area contributed by atoms with Gasteiger partial charge in [0.25, 0.3) is 0 Å². The van der Waals surface area contributed by atoms with E-state index in [0.717, 1.165) is 5.56 Å². The van der Waals surface area contributed by atoms with Gasteiger partial charge in [0, 0.05) is 19.3 Å². The normalized spacial score (nSPS) is 11.8. The van der Waals surface area contributed by atoms with Crippen molar-refractivity contribution in [2.45, 2.75) is 24.9 Å². The predicted molar refractivity (Wildman–Crippen MR) is 119 cm³/mol. The van der Waals surface area contributed by atoms with Gasteiger partial charge in [-0.25, -0.2) is 4.57 Å². The summed E-state index contributed by atoms with van der Waals surface area (Å²) in [6, 6.07) is 28.1. The van der Waals surface area contributed by atoms with Crippen LogP contribution in [0, 0.1) is 0 Å². The average molecular weight is 442 g/mol. The molecule has 3 aromatic carbocycles. The van der Waals surface area contributed by atoms with Gasteiger partial charge in [-0.05, 0) is 29.8 Å². The number of hydrogen-bond acceptors (Lipinski definition) is 4. The van der Waals surface area contributed by atoms with Gasteiger partial charge in [0.15, 0.2) is 0 Å². The molecular weight excluding hydrogens is 415 g/mol. The Bertz CT molecular complexity index is 898. The molecule has 0 saturated heterocycles. The van der Waals surface area contributed by atoms with E-state index in [1.54, 1.807) is 0 Å². The van der Waals surface area contributed by atoms with Gasteiger partial charge in [-0.3, -0.25) is 4.52 Å². The molecule has 0 aliphatic carbocycles. The Morgan fingerprint density at radius 1 is 0.677 bits per heavy atom. The molecule has 0 atom stereocenters. The van der Waals surface area contributed by atoms with Gasteiger partial charge in [-0.1, -0.05) is 66.7 Å². The minimum Gasteiger partial charge on any atom is -0.493 e. The quantitative estimate of drug-likeness (QED) is 0.384. The van der Waals surface area contributed by atoms with Crippen molar-refractivity contribution in [3.05, 3.63) is 96.6 Å². The summed E-state index contributed by atoms with van der Waals surface area (Å²) in [5.41, 5.74) is -0.250. The van der Waals surface area contributed by atoms with Crippen LogP contribution in [-0.4, -0.2) is 28.6 Å². The van der Waals surface area contributed by atoms with Crippen molar-refractivity contribution in [2.24, 2.45) is 0 Å². The molecule has 0 aliphatic rings. The fourth-order valence-corrected chi connectivity index (χ4v) is 4.14. The van der Waals surface area contributed by atoms with Gasteiger partial charge in [0.2, 0.25) is 0 Å². The molecule has 0 spiro atoms. The average Bonchev–Trinajstić information content (AvgIpc) is 2.75. The Morgan fingerprint density at radius 3 is 1.52 bits per heavy atom. The first-order valence-electron chi connectivity index (χ1n) is 10.1. The molecule has 2 N–H and O–H groups in total. The van der Waals surface area contributed by atoms with E-state index in [2.05, 4.69) is 0 Å². The van der Waals surface area contributed by atoms with Crippen LogP contribution in [0.2, 0.25) is 0 Å².